The Morgan fingerprint density at radius 1 is 1.00 bits per heavy atom. The Balaban J connectivity index is 2.41. The minimum atomic E-state index is 0.650. The summed E-state index contributed by atoms with van der Waals surface area (Å²) >= 11 is 0. The van der Waals surface area contributed by atoms with Crippen LogP contribution in [0.3, 0.4) is 0 Å². The molecule has 100 valence electrons. The molecule has 0 bridgehead atoms. The average Bonchev–Trinajstić information content (AvgIpc) is 2.47. The highest BCUT2D eigenvalue weighted by molar-refractivity contribution is 5.70. The van der Waals surface area contributed by atoms with Gasteiger partial charge in [0.1, 0.15) is 5.75 Å². The summed E-state index contributed by atoms with van der Waals surface area (Å²) in [4.78, 5) is 2.14. The minimum absolute atomic E-state index is 0.650. The molecule has 2 rings (SSSR count). The Morgan fingerprint density at radius 2 is 1.63 bits per heavy atom. The number of nitrogens with zero attached hydrogens (tertiary/aromatic N) is 1. The highest BCUT2D eigenvalue weighted by atomic mass is 16.5. The molecule has 0 amide bonds. The lowest BCUT2D eigenvalue weighted by molar-refractivity contribution is 0.415. The predicted octanol–water partition coefficient (Wildman–Crippen LogP) is 2.96. The summed E-state index contributed by atoms with van der Waals surface area (Å²) < 4.78 is 5.42. The molecule has 2 aromatic carbocycles. The topological polar surface area (TPSA) is 38.5 Å². The van der Waals surface area contributed by atoms with Gasteiger partial charge in [-0.15, -0.1) is 0 Å². The molecule has 0 aliphatic heterocycles. The number of ether oxygens (including phenoxy) is 1. The van der Waals surface area contributed by atoms with Gasteiger partial charge in [0.2, 0.25) is 0 Å². The van der Waals surface area contributed by atoms with Crippen molar-refractivity contribution < 1.29 is 4.74 Å². The lowest BCUT2D eigenvalue weighted by atomic mass is 10.1. The van der Waals surface area contributed by atoms with Crippen molar-refractivity contribution in [1.29, 1.82) is 0 Å². The Bertz CT molecular complexity index is 540. The Kier molecular flexibility index (Phi) is 4.42. The quantitative estimate of drug-likeness (QED) is 0.894. The maximum atomic E-state index is 5.68. The summed E-state index contributed by atoms with van der Waals surface area (Å²) in [5, 5.41) is 0. The van der Waals surface area contributed by atoms with Crippen molar-refractivity contribution in [3.8, 4) is 5.75 Å². The number of hydrogen-bond donors (Lipinski definition) is 1. The van der Waals surface area contributed by atoms with Gasteiger partial charge in [0.15, 0.2) is 0 Å². The van der Waals surface area contributed by atoms with Gasteiger partial charge in [-0.3, -0.25) is 0 Å². The third kappa shape index (κ3) is 2.88. The molecule has 2 aromatic rings. The number of benzene rings is 2. The number of para-hydroxylation sites is 3. The van der Waals surface area contributed by atoms with Gasteiger partial charge in [-0.05, 0) is 36.7 Å². The first-order chi connectivity index (χ1) is 9.27. The van der Waals surface area contributed by atoms with E-state index in [0.717, 1.165) is 23.5 Å². The monoisotopic (exact) mass is 256 g/mol. The standard InChI is InChI=1S/C16H20N2O/c1-18(15-9-5-6-10-16(15)19-2)14-8-4-3-7-13(14)11-12-17/h3-10H,11-12,17H2,1-2H3. The highest BCUT2D eigenvalue weighted by Gasteiger charge is 2.12. The average molecular weight is 256 g/mol. The predicted molar refractivity (Wildman–Crippen MR) is 80.3 cm³/mol. The van der Waals surface area contributed by atoms with Crippen molar-refractivity contribution in [2.45, 2.75) is 6.42 Å². The molecule has 0 aromatic heterocycles. The molecule has 0 aliphatic carbocycles. The van der Waals surface area contributed by atoms with Crippen LogP contribution in [-0.2, 0) is 6.42 Å². The maximum Gasteiger partial charge on any atom is 0.142 e. The van der Waals surface area contributed by atoms with Gasteiger partial charge in [0.25, 0.3) is 0 Å². The van der Waals surface area contributed by atoms with Crippen LogP contribution in [0.1, 0.15) is 5.56 Å². The van der Waals surface area contributed by atoms with E-state index in [1.165, 1.54) is 5.56 Å². The van der Waals surface area contributed by atoms with Crippen LogP contribution < -0.4 is 15.4 Å². The third-order valence-corrected chi connectivity index (χ3v) is 3.21. The van der Waals surface area contributed by atoms with Gasteiger partial charge in [-0.2, -0.15) is 0 Å². The molecule has 3 nitrogen and oxygen atoms in total. The Morgan fingerprint density at radius 3 is 2.32 bits per heavy atom. The van der Waals surface area contributed by atoms with E-state index >= 15 is 0 Å². The summed E-state index contributed by atoms with van der Waals surface area (Å²) in [6.07, 6.45) is 0.871. The SMILES string of the molecule is COc1ccccc1N(C)c1ccccc1CCN. The number of hydrogen-bond acceptors (Lipinski definition) is 3. The molecule has 0 saturated heterocycles. The first-order valence-corrected chi connectivity index (χ1v) is 6.42. The Labute approximate surface area is 114 Å². The molecule has 0 atom stereocenters. The van der Waals surface area contributed by atoms with Crippen LogP contribution >= 0.6 is 0 Å². The maximum absolute atomic E-state index is 5.68. The van der Waals surface area contributed by atoms with Crippen molar-refractivity contribution in [3.63, 3.8) is 0 Å². The van der Waals surface area contributed by atoms with Crippen LogP contribution in [0.4, 0.5) is 11.4 Å². The van der Waals surface area contributed by atoms with Crippen LogP contribution in [0.25, 0.3) is 0 Å². The second-order valence-corrected chi connectivity index (χ2v) is 4.40. The zero-order valence-electron chi connectivity index (χ0n) is 11.5. The van der Waals surface area contributed by atoms with E-state index in [0.29, 0.717) is 6.54 Å². The zero-order chi connectivity index (χ0) is 13.7. The van der Waals surface area contributed by atoms with E-state index < -0.39 is 0 Å². The van der Waals surface area contributed by atoms with E-state index in [4.69, 9.17) is 10.5 Å². The summed E-state index contributed by atoms with van der Waals surface area (Å²) in [5.74, 6) is 0.868. The van der Waals surface area contributed by atoms with Gasteiger partial charge in [-0.25, -0.2) is 0 Å². The smallest absolute Gasteiger partial charge is 0.142 e. The molecule has 19 heavy (non-hydrogen) atoms. The molecule has 3 heteroatoms. The number of rotatable bonds is 5. The fourth-order valence-corrected chi connectivity index (χ4v) is 2.24. The van der Waals surface area contributed by atoms with Gasteiger partial charge >= 0.3 is 0 Å². The lowest BCUT2D eigenvalue weighted by Crippen LogP contribution is -2.14. The molecule has 0 heterocycles. The van der Waals surface area contributed by atoms with E-state index in [1.54, 1.807) is 7.11 Å². The highest BCUT2D eigenvalue weighted by Crippen LogP contribution is 2.33. The van der Waals surface area contributed by atoms with E-state index in [1.807, 2.05) is 37.4 Å². The minimum Gasteiger partial charge on any atom is -0.495 e. The van der Waals surface area contributed by atoms with Crippen LogP contribution in [0.2, 0.25) is 0 Å². The molecule has 0 unspecified atom stereocenters. The number of nitrogens with two attached hydrogens (primary N) is 1. The first kappa shape index (κ1) is 13.4. The fraction of sp³-hybridized carbons (Fsp3) is 0.250. The van der Waals surface area contributed by atoms with Crippen molar-refractivity contribution in [2.24, 2.45) is 5.73 Å². The molecule has 0 spiro atoms. The summed E-state index contributed by atoms with van der Waals surface area (Å²) in [6.45, 7) is 0.650. The first-order valence-electron chi connectivity index (χ1n) is 6.42. The van der Waals surface area contributed by atoms with Crippen molar-refractivity contribution in [2.75, 3.05) is 25.6 Å². The second kappa shape index (κ2) is 6.25. The van der Waals surface area contributed by atoms with Crippen LogP contribution in [0.15, 0.2) is 48.5 Å². The summed E-state index contributed by atoms with van der Waals surface area (Å²) in [5.41, 5.74) is 9.14. The molecular formula is C16H20N2O. The van der Waals surface area contributed by atoms with Crippen molar-refractivity contribution >= 4 is 11.4 Å². The van der Waals surface area contributed by atoms with Crippen molar-refractivity contribution in [1.82, 2.24) is 0 Å². The molecule has 2 N–H and O–H groups in total. The molecule has 0 fully saturated rings. The van der Waals surface area contributed by atoms with Gasteiger partial charge < -0.3 is 15.4 Å². The molecular weight excluding hydrogens is 236 g/mol. The molecule has 0 saturated carbocycles. The second-order valence-electron chi connectivity index (χ2n) is 4.40. The van der Waals surface area contributed by atoms with E-state index in [9.17, 15) is 0 Å². The Hall–Kier alpha value is -2.00. The van der Waals surface area contributed by atoms with Gasteiger partial charge in [-0.1, -0.05) is 30.3 Å². The fourth-order valence-electron chi connectivity index (χ4n) is 2.24. The summed E-state index contributed by atoms with van der Waals surface area (Å²) in [7, 11) is 3.74. The molecule has 0 aliphatic rings. The lowest BCUT2D eigenvalue weighted by Gasteiger charge is -2.24. The van der Waals surface area contributed by atoms with Crippen molar-refractivity contribution in [3.05, 3.63) is 54.1 Å². The third-order valence-electron chi connectivity index (χ3n) is 3.21. The van der Waals surface area contributed by atoms with Crippen LogP contribution in [-0.4, -0.2) is 20.7 Å². The zero-order valence-corrected chi connectivity index (χ0v) is 11.5. The number of anilines is 2. The van der Waals surface area contributed by atoms with E-state index in [2.05, 4.69) is 23.1 Å². The largest absolute Gasteiger partial charge is 0.495 e. The number of methoxy groups -OCH3 is 1. The van der Waals surface area contributed by atoms with E-state index in [-0.39, 0.29) is 0 Å². The normalized spacial score (nSPS) is 10.3. The van der Waals surface area contributed by atoms with Crippen LogP contribution in [0, 0.1) is 0 Å². The van der Waals surface area contributed by atoms with Crippen LogP contribution in [0.5, 0.6) is 5.75 Å². The van der Waals surface area contributed by atoms with Gasteiger partial charge in [0, 0.05) is 12.7 Å². The van der Waals surface area contributed by atoms with Gasteiger partial charge in [0.05, 0.1) is 12.8 Å². The molecule has 0 radical (unpaired) electrons. The summed E-state index contributed by atoms with van der Waals surface area (Å²) in [6, 6.07) is 16.3.